The van der Waals surface area contributed by atoms with E-state index >= 15 is 0 Å². The molecule has 1 rings (SSSR count). The third kappa shape index (κ3) is 2.78. The summed E-state index contributed by atoms with van der Waals surface area (Å²) in [5, 5.41) is 9.80. The summed E-state index contributed by atoms with van der Waals surface area (Å²) < 4.78 is 0. The zero-order valence-corrected chi connectivity index (χ0v) is 10.4. The Labute approximate surface area is 97.2 Å². The summed E-state index contributed by atoms with van der Waals surface area (Å²) >= 11 is 0. The fraction of sp³-hybridized carbons (Fsp3) is 0.583. The van der Waals surface area contributed by atoms with Gasteiger partial charge in [-0.15, -0.1) is 0 Å². The number of aliphatic imine (C=N–C) groups is 1. The van der Waals surface area contributed by atoms with Crippen LogP contribution in [0.25, 0.3) is 0 Å². The van der Waals surface area contributed by atoms with Crippen LogP contribution >= 0.6 is 0 Å². The Morgan fingerprint density at radius 2 is 1.94 bits per heavy atom. The lowest BCUT2D eigenvalue weighted by Gasteiger charge is -2.30. The van der Waals surface area contributed by atoms with Crippen LogP contribution in [0.1, 0.15) is 34.1 Å². The summed E-state index contributed by atoms with van der Waals surface area (Å²) in [6.07, 6.45) is 4.32. The van der Waals surface area contributed by atoms with Gasteiger partial charge in [0.2, 0.25) is 0 Å². The highest BCUT2D eigenvalue weighted by molar-refractivity contribution is 5.67. The Morgan fingerprint density at radius 3 is 2.44 bits per heavy atom. The van der Waals surface area contributed by atoms with Gasteiger partial charge in [0.05, 0.1) is 0 Å². The number of aliphatic hydroxyl groups excluding tert-OH is 1. The van der Waals surface area contributed by atoms with Crippen molar-refractivity contribution < 1.29 is 5.11 Å². The zero-order valence-electron chi connectivity index (χ0n) is 10.4. The normalized spacial score (nSPS) is 19.0. The molecule has 0 radical (unpaired) electrons. The lowest BCUT2D eigenvalue weighted by molar-refractivity contribution is 0.252. The number of aliphatic hydroxyl groups is 1. The highest BCUT2D eigenvalue weighted by Crippen LogP contribution is 2.20. The molecule has 4 heteroatoms. The van der Waals surface area contributed by atoms with Crippen LogP contribution in [-0.2, 0) is 0 Å². The predicted molar refractivity (Wildman–Crippen MR) is 67.1 cm³/mol. The van der Waals surface area contributed by atoms with Gasteiger partial charge < -0.3 is 15.7 Å². The molecule has 0 aromatic carbocycles. The first-order valence-corrected chi connectivity index (χ1v) is 5.63. The third-order valence-corrected chi connectivity index (χ3v) is 2.59. The molecule has 0 saturated carbocycles. The number of nitrogens with zero attached hydrogens (tertiary/aromatic N) is 2. The molecule has 4 nitrogen and oxygen atoms in total. The first kappa shape index (κ1) is 12.6. The molecular formula is C12H21N3O. The third-order valence-electron chi connectivity index (χ3n) is 2.59. The average Bonchev–Trinajstić information content (AvgIpc) is 2.19. The maximum Gasteiger partial charge on any atom is 0.165 e. The molecule has 1 aliphatic heterocycles. The van der Waals surface area contributed by atoms with Crippen LogP contribution < -0.4 is 5.73 Å². The molecule has 0 aliphatic carbocycles. The van der Waals surface area contributed by atoms with Crippen LogP contribution in [0.5, 0.6) is 0 Å². The second kappa shape index (κ2) is 5.05. The molecule has 1 heterocycles. The van der Waals surface area contributed by atoms with E-state index in [1.165, 1.54) is 0 Å². The molecule has 90 valence electrons. The van der Waals surface area contributed by atoms with Crippen LogP contribution in [0.3, 0.4) is 0 Å². The Bertz CT molecular complexity index is 332. The minimum atomic E-state index is 0.105. The predicted octanol–water partition coefficient (Wildman–Crippen LogP) is 2.15. The molecule has 0 fully saturated rings. The topological polar surface area (TPSA) is 61.8 Å². The van der Waals surface area contributed by atoms with Gasteiger partial charge in [0.1, 0.15) is 0 Å². The standard InChI is InChI=1S/C12H21N3O/c1-8(2)15(9(3)4)7-10-5-6-14-12(13)11(10)16/h6-9,16H,5,13H2,1-4H3. The quantitative estimate of drug-likeness (QED) is 0.770. The van der Waals surface area contributed by atoms with Crippen LogP contribution in [0.2, 0.25) is 0 Å². The minimum absolute atomic E-state index is 0.105. The Kier molecular flexibility index (Phi) is 3.99. The molecule has 0 aromatic rings. The molecule has 0 atom stereocenters. The van der Waals surface area contributed by atoms with Gasteiger partial charge >= 0.3 is 0 Å². The Morgan fingerprint density at radius 1 is 1.38 bits per heavy atom. The van der Waals surface area contributed by atoms with Gasteiger partial charge in [-0.05, 0) is 27.7 Å². The molecule has 3 N–H and O–H groups in total. The first-order chi connectivity index (χ1) is 7.43. The average molecular weight is 223 g/mol. The van der Waals surface area contributed by atoms with Gasteiger partial charge in [0, 0.05) is 36.5 Å². The Balaban J connectivity index is 2.95. The molecule has 0 aromatic heterocycles. The van der Waals surface area contributed by atoms with E-state index in [9.17, 15) is 5.11 Å². The van der Waals surface area contributed by atoms with E-state index in [0.29, 0.717) is 18.5 Å². The van der Waals surface area contributed by atoms with Crippen molar-refractivity contribution in [2.45, 2.75) is 46.2 Å². The fourth-order valence-electron chi connectivity index (χ4n) is 1.75. The van der Waals surface area contributed by atoms with Crippen molar-refractivity contribution in [3.8, 4) is 0 Å². The van der Waals surface area contributed by atoms with Gasteiger partial charge in [-0.25, -0.2) is 4.99 Å². The summed E-state index contributed by atoms with van der Waals surface area (Å²) in [5.74, 6) is 0.304. The highest BCUT2D eigenvalue weighted by Gasteiger charge is 2.15. The number of allylic oxidation sites excluding steroid dienone is 1. The van der Waals surface area contributed by atoms with Gasteiger partial charge in [-0.3, -0.25) is 0 Å². The van der Waals surface area contributed by atoms with E-state index in [2.05, 4.69) is 37.6 Å². The molecule has 16 heavy (non-hydrogen) atoms. The number of hydrogen-bond acceptors (Lipinski definition) is 4. The second-order valence-electron chi connectivity index (χ2n) is 4.54. The molecule has 0 bridgehead atoms. The van der Waals surface area contributed by atoms with E-state index in [1.807, 2.05) is 6.20 Å². The van der Waals surface area contributed by atoms with Crippen molar-refractivity contribution in [1.82, 2.24) is 4.90 Å². The van der Waals surface area contributed by atoms with E-state index in [4.69, 9.17) is 5.73 Å². The van der Waals surface area contributed by atoms with E-state index in [-0.39, 0.29) is 11.6 Å². The summed E-state index contributed by atoms with van der Waals surface area (Å²) in [7, 11) is 0. The Hall–Kier alpha value is -1.45. The van der Waals surface area contributed by atoms with Gasteiger partial charge in [-0.1, -0.05) is 0 Å². The van der Waals surface area contributed by atoms with Crippen molar-refractivity contribution in [1.29, 1.82) is 0 Å². The molecule has 0 unspecified atom stereocenters. The fourth-order valence-corrected chi connectivity index (χ4v) is 1.75. The first-order valence-electron chi connectivity index (χ1n) is 5.63. The smallest absolute Gasteiger partial charge is 0.165 e. The SMILES string of the molecule is CC(C)N(C=C1CC=NC(N)=C1O)C(C)C. The van der Waals surface area contributed by atoms with Crippen LogP contribution in [0.4, 0.5) is 0 Å². The monoisotopic (exact) mass is 223 g/mol. The van der Waals surface area contributed by atoms with Crippen molar-refractivity contribution in [2.75, 3.05) is 0 Å². The van der Waals surface area contributed by atoms with Crippen molar-refractivity contribution >= 4 is 6.21 Å². The summed E-state index contributed by atoms with van der Waals surface area (Å²) in [6, 6.07) is 0.778. The van der Waals surface area contributed by atoms with Crippen LogP contribution in [0.15, 0.2) is 28.3 Å². The van der Waals surface area contributed by atoms with Gasteiger partial charge in [-0.2, -0.15) is 0 Å². The summed E-state index contributed by atoms with van der Waals surface area (Å²) in [5.41, 5.74) is 6.40. The molecule has 0 spiro atoms. The molecule has 1 aliphatic rings. The van der Waals surface area contributed by atoms with Crippen LogP contribution in [-0.4, -0.2) is 28.3 Å². The summed E-state index contributed by atoms with van der Waals surface area (Å²) in [6.45, 7) is 8.49. The summed E-state index contributed by atoms with van der Waals surface area (Å²) in [4.78, 5) is 6.07. The maximum absolute atomic E-state index is 9.80. The van der Waals surface area contributed by atoms with Gasteiger partial charge in [0.15, 0.2) is 11.6 Å². The van der Waals surface area contributed by atoms with Crippen molar-refractivity contribution in [2.24, 2.45) is 10.7 Å². The maximum atomic E-state index is 9.80. The molecular weight excluding hydrogens is 202 g/mol. The zero-order chi connectivity index (χ0) is 12.3. The second-order valence-corrected chi connectivity index (χ2v) is 4.54. The highest BCUT2D eigenvalue weighted by atomic mass is 16.3. The number of rotatable bonds is 3. The lowest BCUT2D eigenvalue weighted by Crippen LogP contribution is -2.32. The van der Waals surface area contributed by atoms with Crippen molar-refractivity contribution in [3.05, 3.63) is 23.4 Å². The van der Waals surface area contributed by atoms with Gasteiger partial charge in [0.25, 0.3) is 0 Å². The van der Waals surface area contributed by atoms with E-state index < -0.39 is 0 Å². The molecule has 0 saturated heterocycles. The lowest BCUT2D eigenvalue weighted by atomic mass is 10.1. The van der Waals surface area contributed by atoms with Crippen LogP contribution in [0, 0.1) is 0 Å². The minimum Gasteiger partial charge on any atom is -0.504 e. The van der Waals surface area contributed by atoms with E-state index in [1.54, 1.807) is 6.21 Å². The number of nitrogens with two attached hydrogens (primary N) is 1. The van der Waals surface area contributed by atoms with E-state index in [0.717, 1.165) is 5.57 Å². The number of hydrogen-bond donors (Lipinski definition) is 2. The molecule has 0 amide bonds. The largest absolute Gasteiger partial charge is 0.504 e. The van der Waals surface area contributed by atoms with Crippen molar-refractivity contribution in [3.63, 3.8) is 0 Å².